The topological polar surface area (TPSA) is 93.8 Å². The molecule has 0 fully saturated rings. The number of aromatic hydroxyl groups is 1. The number of ether oxygens (including phenoxy) is 1. The molecule has 0 saturated heterocycles. The van der Waals surface area contributed by atoms with Crippen molar-refractivity contribution in [3.8, 4) is 11.5 Å². The molecule has 2 rings (SSSR count). The number of nitrogens with one attached hydrogen (secondary N) is 1. The van der Waals surface area contributed by atoms with Crippen molar-refractivity contribution in [3.63, 3.8) is 0 Å². The van der Waals surface area contributed by atoms with Gasteiger partial charge in [0.2, 0.25) is 13.3 Å². The molecule has 26 heavy (non-hydrogen) atoms. The quantitative estimate of drug-likeness (QED) is 0.617. The van der Waals surface area contributed by atoms with E-state index in [4.69, 9.17) is 13.8 Å². The molecule has 0 bridgehead atoms. The van der Waals surface area contributed by atoms with Gasteiger partial charge in [0.25, 0.3) is 0 Å². The summed E-state index contributed by atoms with van der Waals surface area (Å²) in [5.74, 6) is 0.935. The minimum absolute atomic E-state index is 0.0801. The van der Waals surface area contributed by atoms with E-state index in [2.05, 4.69) is 10.5 Å². The normalized spacial score (nSPS) is 14.7. The van der Waals surface area contributed by atoms with E-state index in [9.17, 15) is 9.67 Å². The molecule has 2 unspecified atom stereocenters. The summed E-state index contributed by atoms with van der Waals surface area (Å²) >= 11 is 0. The molecule has 0 amide bonds. The van der Waals surface area contributed by atoms with Crippen LogP contribution in [0.2, 0.25) is 0 Å². The van der Waals surface area contributed by atoms with Crippen LogP contribution in [0.3, 0.4) is 0 Å². The Morgan fingerprint density at radius 1 is 1.31 bits per heavy atom. The van der Waals surface area contributed by atoms with E-state index in [1.165, 1.54) is 7.11 Å². The van der Waals surface area contributed by atoms with Crippen LogP contribution in [0.25, 0.3) is 0 Å². The van der Waals surface area contributed by atoms with Gasteiger partial charge >= 0.3 is 0 Å². The highest BCUT2D eigenvalue weighted by Crippen LogP contribution is 2.60. The highest BCUT2D eigenvalue weighted by atomic mass is 31.2. The molecule has 2 atom stereocenters. The number of rotatable bonds is 9. The Balaban J connectivity index is 2.42. The molecule has 2 N–H and O–H groups in total. The molecule has 0 spiro atoms. The Bertz CT molecular complexity index is 790. The first kappa shape index (κ1) is 20.3. The second-order valence-electron chi connectivity index (χ2n) is 6.08. The van der Waals surface area contributed by atoms with Gasteiger partial charge in [-0.1, -0.05) is 18.1 Å². The largest absolute Gasteiger partial charge is 0.504 e. The lowest BCUT2D eigenvalue weighted by molar-refractivity contribution is 0.326. The third-order valence-electron chi connectivity index (χ3n) is 4.25. The van der Waals surface area contributed by atoms with Crippen LogP contribution >= 0.6 is 7.37 Å². The molecule has 2 aromatic rings. The first-order valence-corrected chi connectivity index (χ1v) is 10.5. The lowest BCUT2D eigenvalue weighted by Gasteiger charge is -2.27. The maximum Gasteiger partial charge on any atom is 0.224 e. The van der Waals surface area contributed by atoms with Gasteiger partial charge < -0.3 is 24.2 Å². The molecule has 0 aliphatic heterocycles. The van der Waals surface area contributed by atoms with Crippen molar-refractivity contribution in [1.29, 1.82) is 0 Å². The van der Waals surface area contributed by atoms with Gasteiger partial charge in [0.15, 0.2) is 11.5 Å². The highest BCUT2D eigenvalue weighted by Gasteiger charge is 2.34. The van der Waals surface area contributed by atoms with E-state index in [1.807, 2.05) is 26.8 Å². The summed E-state index contributed by atoms with van der Waals surface area (Å²) in [7, 11) is -1.50. The van der Waals surface area contributed by atoms with Crippen molar-refractivity contribution in [2.45, 2.75) is 33.4 Å². The third-order valence-corrected chi connectivity index (χ3v) is 7.26. The fourth-order valence-corrected chi connectivity index (χ4v) is 5.08. The number of phenols is 1. The molecule has 1 heterocycles. The van der Waals surface area contributed by atoms with Crippen LogP contribution in [0.4, 0.5) is 5.88 Å². The first-order valence-electron chi connectivity index (χ1n) is 8.62. The molecule has 0 radical (unpaired) electrons. The van der Waals surface area contributed by atoms with Gasteiger partial charge in [-0.3, -0.25) is 4.57 Å². The minimum atomic E-state index is -2.99. The van der Waals surface area contributed by atoms with Gasteiger partial charge in [0, 0.05) is 18.8 Å². The van der Waals surface area contributed by atoms with Crippen LogP contribution in [-0.2, 0) is 9.09 Å². The van der Waals surface area contributed by atoms with E-state index < -0.39 is 13.0 Å². The number of aryl methyl sites for hydroxylation is 2. The van der Waals surface area contributed by atoms with E-state index in [1.54, 1.807) is 19.1 Å². The summed E-state index contributed by atoms with van der Waals surface area (Å²) in [5.41, 5.74) is 1.76. The summed E-state index contributed by atoms with van der Waals surface area (Å²) in [5, 5.41) is 17.1. The van der Waals surface area contributed by atoms with Crippen LogP contribution in [0.5, 0.6) is 11.5 Å². The van der Waals surface area contributed by atoms with Crippen molar-refractivity contribution in [2.75, 3.05) is 31.7 Å². The van der Waals surface area contributed by atoms with Gasteiger partial charge in [-0.2, -0.15) is 0 Å². The second kappa shape index (κ2) is 8.60. The third kappa shape index (κ3) is 4.40. The summed E-state index contributed by atoms with van der Waals surface area (Å²) in [6.45, 7) is 7.99. The van der Waals surface area contributed by atoms with E-state index in [-0.39, 0.29) is 5.75 Å². The molecular formula is C18H27N2O5P. The zero-order valence-corrected chi connectivity index (χ0v) is 16.8. The van der Waals surface area contributed by atoms with Gasteiger partial charge in [-0.05, 0) is 38.0 Å². The summed E-state index contributed by atoms with van der Waals surface area (Å²) in [6, 6.07) is 5.30. The lowest BCUT2D eigenvalue weighted by Crippen LogP contribution is -2.16. The maximum absolute atomic E-state index is 13.5. The predicted molar refractivity (Wildman–Crippen MR) is 102 cm³/mol. The van der Waals surface area contributed by atoms with E-state index in [0.29, 0.717) is 36.5 Å². The summed E-state index contributed by atoms with van der Waals surface area (Å²) < 4.78 is 29.6. The van der Waals surface area contributed by atoms with Crippen molar-refractivity contribution in [2.24, 2.45) is 0 Å². The Morgan fingerprint density at radius 2 is 2.04 bits per heavy atom. The van der Waals surface area contributed by atoms with Crippen molar-refractivity contribution >= 4 is 13.3 Å². The molecule has 0 aliphatic carbocycles. The Kier molecular flexibility index (Phi) is 6.73. The van der Waals surface area contributed by atoms with Gasteiger partial charge in [0.1, 0.15) is 0 Å². The molecule has 7 nitrogen and oxygen atoms in total. The summed E-state index contributed by atoms with van der Waals surface area (Å²) in [4.78, 5) is 0. The number of hydrogen-bond donors (Lipinski definition) is 2. The zero-order chi connectivity index (χ0) is 19.3. The summed E-state index contributed by atoms with van der Waals surface area (Å²) in [6.07, 6.45) is 0.394. The Morgan fingerprint density at radius 3 is 2.58 bits per heavy atom. The fraction of sp³-hybridized carbons (Fsp3) is 0.500. The van der Waals surface area contributed by atoms with Crippen LogP contribution < -0.4 is 10.1 Å². The van der Waals surface area contributed by atoms with Gasteiger partial charge in [-0.25, -0.2) is 0 Å². The van der Waals surface area contributed by atoms with Crippen LogP contribution in [0, 0.1) is 13.8 Å². The molecule has 0 saturated carbocycles. The number of nitrogens with zero attached hydrogens (tertiary/aromatic N) is 1. The van der Waals surface area contributed by atoms with Crippen LogP contribution in [-0.4, -0.2) is 36.7 Å². The Labute approximate surface area is 154 Å². The molecular weight excluding hydrogens is 355 g/mol. The standard InChI is InChI=1S/C18H27N2O5P/c1-6-24-26(22,7-2)16(11-19-17-9-13(4)20-25-17)14-8-12(3)18(21)15(10-14)23-5/h8-10,16,19,21H,6-7,11H2,1-5H3. The molecule has 0 aliphatic rings. The second-order valence-corrected chi connectivity index (χ2v) is 9.04. The molecule has 1 aromatic heterocycles. The van der Waals surface area contributed by atoms with Crippen molar-refractivity contribution < 1.29 is 23.5 Å². The van der Waals surface area contributed by atoms with Crippen molar-refractivity contribution in [3.05, 3.63) is 35.0 Å². The minimum Gasteiger partial charge on any atom is -0.504 e. The SMILES string of the molecule is CCOP(=O)(CC)C(CNc1cc(C)no1)c1cc(C)c(O)c(OC)c1. The van der Waals surface area contributed by atoms with Crippen LogP contribution in [0.15, 0.2) is 22.7 Å². The van der Waals surface area contributed by atoms with E-state index >= 15 is 0 Å². The lowest BCUT2D eigenvalue weighted by atomic mass is 10.1. The molecule has 1 aromatic carbocycles. The monoisotopic (exact) mass is 382 g/mol. The fourth-order valence-electron chi connectivity index (χ4n) is 2.87. The first-order chi connectivity index (χ1) is 12.3. The Hall–Kier alpha value is -1.98. The van der Waals surface area contributed by atoms with Gasteiger partial charge in [0.05, 0.1) is 25.1 Å². The number of hydrogen-bond acceptors (Lipinski definition) is 7. The maximum atomic E-state index is 13.5. The average Bonchev–Trinajstić information content (AvgIpc) is 3.03. The number of benzene rings is 1. The van der Waals surface area contributed by atoms with E-state index in [0.717, 1.165) is 11.3 Å². The number of methoxy groups -OCH3 is 1. The van der Waals surface area contributed by atoms with Crippen molar-refractivity contribution in [1.82, 2.24) is 5.16 Å². The zero-order valence-electron chi connectivity index (χ0n) is 15.9. The number of aromatic nitrogens is 1. The average molecular weight is 382 g/mol. The molecule has 144 valence electrons. The number of phenolic OH excluding ortho intramolecular Hbond substituents is 1. The smallest absolute Gasteiger partial charge is 0.224 e. The highest BCUT2D eigenvalue weighted by molar-refractivity contribution is 7.59. The molecule has 8 heteroatoms. The van der Waals surface area contributed by atoms with Gasteiger partial charge in [-0.15, -0.1) is 0 Å². The van der Waals surface area contributed by atoms with Crippen LogP contribution in [0.1, 0.15) is 36.3 Å². The predicted octanol–water partition coefficient (Wildman–Crippen LogP) is 4.49. The number of anilines is 1.